The summed E-state index contributed by atoms with van der Waals surface area (Å²) in [7, 11) is 0. The first kappa shape index (κ1) is 14.0. The highest BCUT2D eigenvalue weighted by Crippen LogP contribution is 2.26. The molecule has 19 heavy (non-hydrogen) atoms. The van der Waals surface area contributed by atoms with Crippen LogP contribution in [0.25, 0.3) is 0 Å². The van der Waals surface area contributed by atoms with Crippen LogP contribution in [0, 0.1) is 17.5 Å². The summed E-state index contributed by atoms with van der Waals surface area (Å²) < 4.78 is 38.9. The molecule has 5 heteroatoms. The van der Waals surface area contributed by atoms with Crippen molar-refractivity contribution in [2.24, 2.45) is 0 Å². The van der Waals surface area contributed by atoms with Gasteiger partial charge in [0.2, 0.25) is 0 Å². The van der Waals surface area contributed by atoms with E-state index in [1.807, 2.05) is 0 Å². The highest BCUT2D eigenvalue weighted by atomic mass is 32.2. The van der Waals surface area contributed by atoms with E-state index in [9.17, 15) is 18.3 Å². The number of hydrogen-bond acceptors (Lipinski definition) is 2. The summed E-state index contributed by atoms with van der Waals surface area (Å²) in [6, 6.07) is 8.84. The summed E-state index contributed by atoms with van der Waals surface area (Å²) >= 11 is 1.27. The van der Waals surface area contributed by atoms with Crippen LogP contribution >= 0.6 is 11.8 Å². The molecule has 0 spiro atoms. The minimum absolute atomic E-state index is 0.0519. The Hall–Kier alpha value is -1.46. The van der Waals surface area contributed by atoms with Crippen LogP contribution in [-0.2, 0) is 0 Å². The molecule has 1 nitrogen and oxygen atoms in total. The number of aliphatic hydroxyl groups is 1. The predicted molar refractivity (Wildman–Crippen MR) is 68.4 cm³/mol. The zero-order chi connectivity index (χ0) is 13.8. The van der Waals surface area contributed by atoms with Gasteiger partial charge in [0, 0.05) is 22.3 Å². The first-order valence-electron chi connectivity index (χ1n) is 5.57. The van der Waals surface area contributed by atoms with Gasteiger partial charge in [0.05, 0.1) is 6.10 Å². The maximum absolute atomic E-state index is 13.4. The minimum Gasteiger partial charge on any atom is -0.387 e. The number of rotatable bonds is 4. The lowest BCUT2D eigenvalue weighted by atomic mass is 10.1. The molecule has 0 bridgehead atoms. The van der Waals surface area contributed by atoms with Gasteiger partial charge in [-0.3, -0.25) is 0 Å². The maximum Gasteiger partial charge on any atom is 0.131 e. The zero-order valence-corrected chi connectivity index (χ0v) is 10.6. The van der Waals surface area contributed by atoms with E-state index in [4.69, 9.17) is 0 Å². The summed E-state index contributed by atoms with van der Waals surface area (Å²) in [4.78, 5) is 0.767. The molecule has 0 saturated heterocycles. The molecule has 0 aromatic heterocycles. The molecule has 0 heterocycles. The van der Waals surface area contributed by atoms with E-state index in [1.54, 1.807) is 12.1 Å². The van der Waals surface area contributed by atoms with Gasteiger partial charge in [-0.15, -0.1) is 11.8 Å². The summed E-state index contributed by atoms with van der Waals surface area (Å²) in [6.45, 7) is 0. The Labute approximate surface area is 113 Å². The fourth-order valence-corrected chi connectivity index (χ4v) is 2.43. The van der Waals surface area contributed by atoms with Gasteiger partial charge in [-0.2, -0.15) is 0 Å². The van der Waals surface area contributed by atoms with Crippen molar-refractivity contribution < 1.29 is 18.3 Å². The van der Waals surface area contributed by atoms with Crippen LogP contribution in [-0.4, -0.2) is 10.9 Å². The second kappa shape index (κ2) is 6.12. The van der Waals surface area contributed by atoms with Crippen molar-refractivity contribution in [3.63, 3.8) is 0 Å². The van der Waals surface area contributed by atoms with E-state index >= 15 is 0 Å². The molecule has 2 aromatic rings. The fourth-order valence-electron chi connectivity index (χ4n) is 1.57. The monoisotopic (exact) mass is 284 g/mol. The van der Waals surface area contributed by atoms with Crippen molar-refractivity contribution in [2.75, 3.05) is 5.75 Å². The standard InChI is InChI=1S/C14H11F3OS/c15-9-1-4-11(5-2-9)19-8-14(18)12-6-3-10(16)7-13(12)17/h1-7,14,18H,8H2. The number of hydrogen-bond donors (Lipinski definition) is 1. The van der Waals surface area contributed by atoms with Crippen molar-refractivity contribution in [1.82, 2.24) is 0 Å². The first-order chi connectivity index (χ1) is 9.06. The zero-order valence-electron chi connectivity index (χ0n) is 9.82. The molecule has 0 saturated carbocycles. The lowest BCUT2D eigenvalue weighted by molar-refractivity contribution is 0.198. The molecule has 0 aliphatic carbocycles. The highest BCUT2D eigenvalue weighted by Gasteiger charge is 2.13. The molecule has 0 radical (unpaired) electrons. The SMILES string of the molecule is OC(CSc1ccc(F)cc1)c1ccc(F)cc1F. The van der Waals surface area contributed by atoms with Crippen LogP contribution in [0.3, 0.4) is 0 Å². The molecule has 0 aliphatic rings. The second-order valence-corrected chi connectivity index (χ2v) is 5.04. The Morgan fingerprint density at radius 3 is 2.21 bits per heavy atom. The fraction of sp³-hybridized carbons (Fsp3) is 0.143. The Bertz CT molecular complexity index is 557. The number of benzene rings is 2. The van der Waals surface area contributed by atoms with Crippen molar-refractivity contribution in [1.29, 1.82) is 0 Å². The number of aliphatic hydroxyl groups excluding tert-OH is 1. The van der Waals surface area contributed by atoms with E-state index in [0.717, 1.165) is 17.0 Å². The van der Waals surface area contributed by atoms with Gasteiger partial charge in [0.25, 0.3) is 0 Å². The number of thioether (sulfide) groups is 1. The van der Waals surface area contributed by atoms with Crippen LogP contribution in [0.4, 0.5) is 13.2 Å². The molecular weight excluding hydrogens is 273 g/mol. The Kier molecular flexibility index (Phi) is 4.50. The molecule has 0 amide bonds. The molecule has 1 atom stereocenters. The first-order valence-corrected chi connectivity index (χ1v) is 6.56. The van der Waals surface area contributed by atoms with E-state index in [0.29, 0.717) is 0 Å². The predicted octanol–water partition coefficient (Wildman–Crippen LogP) is 3.93. The quantitative estimate of drug-likeness (QED) is 0.858. The molecule has 2 aromatic carbocycles. The van der Waals surface area contributed by atoms with Crippen molar-refractivity contribution in [2.45, 2.75) is 11.0 Å². The van der Waals surface area contributed by atoms with Gasteiger partial charge in [-0.1, -0.05) is 6.07 Å². The smallest absolute Gasteiger partial charge is 0.131 e. The van der Waals surface area contributed by atoms with Crippen LogP contribution in [0.15, 0.2) is 47.4 Å². The van der Waals surface area contributed by atoms with E-state index in [2.05, 4.69) is 0 Å². The maximum atomic E-state index is 13.4. The average molecular weight is 284 g/mol. The number of halogens is 3. The highest BCUT2D eigenvalue weighted by molar-refractivity contribution is 7.99. The molecule has 2 rings (SSSR count). The summed E-state index contributed by atoms with van der Waals surface area (Å²) in [5.74, 6) is -1.59. The van der Waals surface area contributed by atoms with Gasteiger partial charge in [0.1, 0.15) is 17.5 Å². The van der Waals surface area contributed by atoms with E-state index in [1.165, 1.54) is 30.0 Å². The van der Waals surface area contributed by atoms with Crippen LogP contribution in [0.1, 0.15) is 11.7 Å². The van der Waals surface area contributed by atoms with Gasteiger partial charge in [-0.25, -0.2) is 13.2 Å². The molecule has 0 aliphatic heterocycles. The normalized spacial score (nSPS) is 12.4. The second-order valence-electron chi connectivity index (χ2n) is 3.95. The van der Waals surface area contributed by atoms with Crippen LogP contribution in [0.2, 0.25) is 0 Å². The molecular formula is C14H11F3OS. The molecule has 0 fully saturated rings. The lowest BCUT2D eigenvalue weighted by Gasteiger charge is -2.11. The van der Waals surface area contributed by atoms with E-state index in [-0.39, 0.29) is 17.1 Å². The summed E-state index contributed by atoms with van der Waals surface area (Å²) in [5.41, 5.74) is 0.0519. The Morgan fingerprint density at radius 2 is 1.58 bits per heavy atom. The van der Waals surface area contributed by atoms with Crippen LogP contribution < -0.4 is 0 Å². The molecule has 100 valence electrons. The third-order valence-corrected chi connectivity index (χ3v) is 3.63. The van der Waals surface area contributed by atoms with Crippen molar-refractivity contribution in [3.8, 4) is 0 Å². The topological polar surface area (TPSA) is 20.2 Å². The average Bonchev–Trinajstić information content (AvgIpc) is 2.37. The van der Waals surface area contributed by atoms with Gasteiger partial charge >= 0.3 is 0 Å². The van der Waals surface area contributed by atoms with Gasteiger partial charge in [0.15, 0.2) is 0 Å². The summed E-state index contributed by atoms with van der Waals surface area (Å²) in [6.07, 6.45) is -1.05. The largest absolute Gasteiger partial charge is 0.387 e. The van der Waals surface area contributed by atoms with Gasteiger partial charge in [-0.05, 0) is 30.3 Å². The molecule has 1 unspecified atom stereocenters. The van der Waals surface area contributed by atoms with E-state index < -0.39 is 17.7 Å². The Morgan fingerprint density at radius 1 is 0.947 bits per heavy atom. The van der Waals surface area contributed by atoms with Gasteiger partial charge < -0.3 is 5.11 Å². The van der Waals surface area contributed by atoms with Crippen LogP contribution in [0.5, 0.6) is 0 Å². The van der Waals surface area contributed by atoms with Crippen molar-refractivity contribution in [3.05, 3.63) is 65.5 Å². The Balaban J connectivity index is 2.01. The third kappa shape index (κ3) is 3.75. The minimum atomic E-state index is -1.05. The van der Waals surface area contributed by atoms with Crippen molar-refractivity contribution >= 4 is 11.8 Å². The lowest BCUT2D eigenvalue weighted by Crippen LogP contribution is -2.03. The summed E-state index contributed by atoms with van der Waals surface area (Å²) in [5, 5.41) is 9.85. The third-order valence-electron chi connectivity index (χ3n) is 2.54. The molecule has 1 N–H and O–H groups in total.